The molecular weight excluding hydrogens is 368 g/mol. The second kappa shape index (κ2) is 8.54. The number of nitrogens with zero attached hydrogens (tertiary/aromatic N) is 2. The van der Waals surface area contributed by atoms with E-state index in [0.717, 1.165) is 22.5 Å². The van der Waals surface area contributed by atoms with Gasteiger partial charge in [0.1, 0.15) is 5.82 Å². The maximum absolute atomic E-state index is 12.2. The highest BCUT2D eigenvalue weighted by Gasteiger charge is 2.15. The number of aromatic nitrogens is 3. The molecule has 6 heteroatoms. The third-order valence-corrected chi connectivity index (χ3v) is 4.94. The number of amides is 1. The molecule has 0 radical (unpaired) electrons. The maximum Gasteiger partial charge on any atom is 0.236 e. The number of hydrogen-bond donors (Lipinski definition) is 2. The Balaban J connectivity index is 1.55. The predicted molar refractivity (Wildman–Crippen MR) is 113 cm³/mol. The molecular formula is C22H18N4OS. The van der Waals surface area contributed by atoms with E-state index in [1.54, 1.807) is 12.3 Å². The van der Waals surface area contributed by atoms with Crippen molar-refractivity contribution in [3.63, 3.8) is 0 Å². The second-order valence-electron chi connectivity index (χ2n) is 6.05. The summed E-state index contributed by atoms with van der Waals surface area (Å²) in [4.78, 5) is 24.4. The van der Waals surface area contributed by atoms with E-state index in [1.165, 1.54) is 11.8 Å². The van der Waals surface area contributed by atoms with Crippen LogP contribution in [-0.2, 0) is 4.79 Å². The standard InChI is InChI=1S/C22H18N4OS/c27-19(24-18-13-7-8-14-23-18)15-28-22-25-20(16-9-3-1-4-10-16)21(26-22)17-11-5-2-6-12-17/h1-14H,15H2,(H,25,26)(H,23,24,27). The van der Waals surface area contributed by atoms with Crippen LogP contribution >= 0.6 is 11.8 Å². The summed E-state index contributed by atoms with van der Waals surface area (Å²) in [7, 11) is 0. The number of hydrogen-bond acceptors (Lipinski definition) is 4. The lowest BCUT2D eigenvalue weighted by Crippen LogP contribution is -2.14. The minimum Gasteiger partial charge on any atom is -0.332 e. The van der Waals surface area contributed by atoms with Crippen LogP contribution in [0.4, 0.5) is 5.82 Å². The molecule has 4 rings (SSSR count). The normalized spacial score (nSPS) is 10.6. The molecule has 0 spiro atoms. The van der Waals surface area contributed by atoms with Gasteiger partial charge in [0.15, 0.2) is 5.16 Å². The number of pyridine rings is 1. The SMILES string of the molecule is O=C(CSc1nc(-c2ccccc2)c(-c2ccccc2)[nH]1)Nc1ccccn1. The molecule has 0 aliphatic carbocycles. The van der Waals surface area contributed by atoms with Crippen LogP contribution in [0, 0.1) is 0 Å². The summed E-state index contributed by atoms with van der Waals surface area (Å²) in [5.41, 5.74) is 3.90. The van der Waals surface area contributed by atoms with E-state index in [2.05, 4.69) is 15.3 Å². The van der Waals surface area contributed by atoms with Crippen LogP contribution in [0.15, 0.2) is 90.2 Å². The van der Waals surface area contributed by atoms with E-state index in [0.29, 0.717) is 11.0 Å². The largest absolute Gasteiger partial charge is 0.332 e. The van der Waals surface area contributed by atoms with Crippen molar-refractivity contribution in [3.05, 3.63) is 85.1 Å². The van der Waals surface area contributed by atoms with Gasteiger partial charge in [0, 0.05) is 17.3 Å². The van der Waals surface area contributed by atoms with Crippen LogP contribution in [0.3, 0.4) is 0 Å². The van der Waals surface area contributed by atoms with Gasteiger partial charge in [-0.15, -0.1) is 0 Å². The lowest BCUT2D eigenvalue weighted by Gasteiger charge is -2.02. The zero-order valence-corrected chi connectivity index (χ0v) is 15.8. The Kier molecular flexibility index (Phi) is 5.49. The van der Waals surface area contributed by atoms with Crippen molar-refractivity contribution in [2.45, 2.75) is 5.16 Å². The summed E-state index contributed by atoms with van der Waals surface area (Å²) < 4.78 is 0. The first-order valence-electron chi connectivity index (χ1n) is 8.84. The zero-order valence-electron chi connectivity index (χ0n) is 15.0. The molecule has 2 heterocycles. The van der Waals surface area contributed by atoms with Crippen molar-refractivity contribution in [3.8, 4) is 22.5 Å². The Morgan fingerprint density at radius 1 is 0.893 bits per heavy atom. The summed E-state index contributed by atoms with van der Waals surface area (Å²) in [6, 6.07) is 25.5. The highest BCUT2D eigenvalue weighted by Crippen LogP contribution is 2.32. The lowest BCUT2D eigenvalue weighted by atomic mass is 10.1. The van der Waals surface area contributed by atoms with Gasteiger partial charge in [-0.2, -0.15) is 0 Å². The Hall–Kier alpha value is -3.38. The van der Waals surface area contributed by atoms with E-state index in [4.69, 9.17) is 4.98 Å². The highest BCUT2D eigenvalue weighted by atomic mass is 32.2. The third-order valence-electron chi connectivity index (χ3n) is 4.06. The topological polar surface area (TPSA) is 70.7 Å². The van der Waals surface area contributed by atoms with Crippen molar-refractivity contribution in [1.29, 1.82) is 0 Å². The van der Waals surface area contributed by atoms with Crippen molar-refractivity contribution in [1.82, 2.24) is 15.0 Å². The third kappa shape index (κ3) is 4.29. The number of H-pyrrole nitrogens is 1. The Labute approximate surface area is 167 Å². The number of imidazole rings is 1. The van der Waals surface area contributed by atoms with Crippen molar-refractivity contribution in [2.24, 2.45) is 0 Å². The minimum atomic E-state index is -0.123. The molecule has 0 saturated carbocycles. The Morgan fingerprint density at radius 2 is 1.57 bits per heavy atom. The fourth-order valence-corrected chi connectivity index (χ4v) is 3.46. The molecule has 2 N–H and O–H groups in total. The molecule has 0 unspecified atom stereocenters. The van der Waals surface area contributed by atoms with E-state index in [1.807, 2.05) is 72.8 Å². The Morgan fingerprint density at radius 3 is 2.25 bits per heavy atom. The van der Waals surface area contributed by atoms with E-state index < -0.39 is 0 Å². The summed E-state index contributed by atoms with van der Waals surface area (Å²) in [6.07, 6.45) is 1.65. The second-order valence-corrected chi connectivity index (χ2v) is 7.01. The van der Waals surface area contributed by atoms with Crippen LogP contribution in [0.2, 0.25) is 0 Å². The summed E-state index contributed by atoms with van der Waals surface area (Å²) in [6.45, 7) is 0. The van der Waals surface area contributed by atoms with Gasteiger partial charge in [-0.05, 0) is 12.1 Å². The van der Waals surface area contributed by atoms with E-state index >= 15 is 0 Å². The molecule has 2 aromatic heterocycles. The molecule has 28 heavy (non-hydrogen) atoms. The number of carbonyl (C=O) groups excluding carboxylic acids is 1. The molecule has 0 aliphatic heterocycles. The van der Waals surface area contributed by atoms with Gasteiger partial charge in [-0.1, -0.05) is 78.5 Å². The molecule has 0 bridgehead atoms. The molecule has 0 saturated heterocycles. The van der Waals surface area contributed by atoms with Crippen LogP contribution in [0.1, 0.15) is 0 Å². The monoisotopic (exact) mass is 386 g/mol. The molecule has 4 aromatic rings. The highest BCUT2D eigenvalue weighted by molar-refractivity contribution is 7.99. The average molecular weight is 386 g/mol. The van der Waals surface area contributed by atoms with Crippen molar-refractivity contribution in [2.75, 3.05) is 11.1 Å². The molecule has 1 amide bonds. The fourth-order valence-electron chi connectivity index (χ4n) is 2.79. The molecule has 0 atom stereocenters. The number of rotatable bonds is 6. The molecule has 0 aliphatic rings. The maximum atomic E-state index is 12.2. The number of benzene rings is 2. The molecule has 0 fully saturated rings. The molecule has 2 aromatic carbocycles. The number of carbonyl (C=O) groups is 1. The van der Waals surface area contributed by atoms with Crippen molar-refractivity contribution < 1.29 is 4.79 Å². The Bertz CT molecular complexity index is 993. The molecule has 138 valence electrons. The first kappa shape index (κ1) is 18.0. The van der Waals surface area contributed by atoms with E-state index in [-0.39, 0.29) is 11.7 Å². The van der Waals surface area contributed by atoms with Gasteiger partial charge in [-0.25, -0.2) is 9.97 Å². The number of thioether (sulfide) groups is 1. The summed E-state index contributed by atoms with van der Waals surface area (Å²) in [5, 5.41) is 3.49. The first-order chi connectivity index (χ1) is 13.8. The van der Waals surface area contributed by atoms with Gasteiger partial charge in [0.25, 0.3) is 0 Å². The van der Waals surface area contributed by atoms with Crippen LogP contribution in [0.25, 0.3) is 22.5 Å². The van der Waals surface area contributed by atoms with Crippen LogP contribution in [0.5, 0.6) is 0 Å². The van der Waals surface area contributed by atoms with Crippen LogP contribution < -0.4 is 5.32 Å². The average Bonchev–Trinajstić information content (AvgIpc) is 3.19. The number of aromatic amines is 1. The summed E-state index contributed by atoms with van der Waals surface area (Å²) in [5.74, 6) is 0.664. The number of nitrogens with one attached hydrogen (secondary N) is 2. The van der Waals surface area contributed by atoms with Gasteiger partial charge in [-0.3, -0.25) is 4.79 Å². The van der Waals surface area contributed by atoms with Crippen LogP contribution in [-0.4, -0.2) is 26.6 Å². The minimum absolute atomic E-state index is 0.123. The van der Waals surface area contributed by atoms with Gasteiger partial charge < -0.3 is 10.3 Å². The predicted octanol–water partition coefficient (Wildman–Crippen LogP) is 4.87. The van der Waals surface area contributed by atoms with Gasteiger partial charge in [0.05, 0.1) is 17.1 Å². The molecule has 5 nitrogen and oxygen atoms in total. The summed E-state index contributed by atoms with van der Waals surface area (Å²) >= 11 is 1.37. The lowest BCUT2D eigenvalue weighted by molar-refractivity contribution is -0.113. The van der Waals surface area contributed by atoms with E-state index in [9.17, 15) is 4.79 Å². The fraction of sp³-hybridized carbons (Fsp3) is 0.0455. The van der Waals surface area contributed by atoms with Crippen molar-refractivity contribution >= 4 is 23.5 Å². The smallest absolute Gasteiger partial charge is 0.236 e. The zero-order chi connectivity index (χ0) is 19.2. The first-order valence-corrected chi connectivity index (χ1v) is 9.83. The van der Waals surface area contributed by atoms with Gasteiger partial charge >= 0.3 is 0 Å². The number of anilines is 1. The van der Waals surface area contributed by atoms with Gasteiger partial charge in [0.2, 0.25) is 5.91 Å². The quantitative estimate of drug-likeness (QED) is 0.464.